The molecule has 142 valence electrons. The molecule has 0 aromatic heterocycles. The second-order valence-electron chi connectivity index (χ2n) is 8.02. The second kappa shape index (κ2) is 6.16. The monoisotopic (exact) mass is 367 g/mol. The summed E-state index contributed by atoms with van der Waals surface area (Å²) in [4.78, 5) is 13.7. The number of aliphatic carboxylic acids is 1. The largest absolute Gasteiger partial charge is 0.493 e. The van der Waals surface area contributed by atoms with Crippen LogP contribution in [0.1, 0.15) is 30.9 Å². The predicted molar refractivity (Wildman–Crippen MR) is 107 cm³/mol. The van der Waals surface area contributed by atoms with Crippen molar-refractivity contribution in [1.29, 1.82) is 0 Å². The zero-order valence-electron chi connectivity index (χ0n) is 16.6. The molecule has 0 radical (unpaired) electrons. The Kier molecular flexibility index (Phi) is 4.15. The number of rotatable bonds is 5. The Balaban J connectivity index is 2.03. The van der Waals surface area contributed by atoms with Crippen molar-refractivity contribution in [2.24, 2.45) is 0 Å². The van der Waals surface area contributed by atoms with E-state index in [1.807, 2.05) is 6.08 Å². The molecule has 0 fully saturated rings. The van der Waals surface area contributed by atoms with E-state index < -0.39 is 5.97 Å². The van der Waals surface area contributed by atoms with E-state index >= 15 is 0 Å². The van der Waals surface area contributed by atoms with Crippen molar-refractivity contribution in [3.63, 3.8) is 0 Å². The van der Waals surface area contributed by atoms with Crippen molar-refractivity contribution in [1.82, 2.24) is 4.90 Å². The fourth-order valence-electron chi connectivity index (χ4n) is 5.35. The molecule has 3 atom stereocenters. The Morgan fingerprint density at radius 2 is 2.19 bits per heavy atom. The first-order valence-electron chi connectivity index (χ1n) is 9.52. The molecular formula is C21H26BNO4. The maximum absolute atomic E-state index is 11.5. The molecule has 0 saturated heterocycles. The molecule has 1 aromatic carbocycles. The van der Waals surface area contributed by atoms with Gasteiger partial charge in [-0.2, -0.15) is 0 Å². The number of likely N-dealkylation sites (N-methyl/N-ethyl adjacent to an activating group) is 1. The molecule has 4 rings (SSSR count). The Labute approximate surface area is 161 Å². The van der Waals surface area contributed by atoms with Crippen LogP contribution < -0.4 is 14.9 Å². The standard InChI is InChI=1S/C21H26BNO4/c1-5-21-13-7-6-11(8-17(24)25)20(21)27-19-16(26-4)10-14(22)12(18(19)21)9-15(13)23(2)3/h6-7,10,15,20H,5,8-9,22H2,1-4H3,(H,24,25)/t15?,20-,21-/m1/s1. The van der Waals surface area contributed by atoms with Crippen LogP contribution >= 0.6 is 0 Å². The maximum atomic E-state index is 11.5. The average Bonchev–Trinajstić information content (AvgIpc) is 2.98. The summed E-state index contributed by atoms with van der Waals surface area (Å²) in [7, 11) is 8.02. The van der Waals surface area contributed by atoms with Crippen LogP contribution in [-0.4, -0.2) is 57.2 Å². The highest BCUT2D eigenvalue weighted by atomic mass is 16.5. The summed E-state index contributed by atoms with van der Waals surface area (Å²) in [5.41, 5.74) is 5.58. The summed E-state index contributed by atoms with van der Waals surface area (Å²) in [5, 5.41) is 9.43. The van der Waals surface area contributed by atoms with Gasteiger partial charge in [-0.15, -0.1) is 0 Å². The molecular weight excluding hydrogens is 341 g/mol. The minimum Gasteiger partial charge on any atom is -0.493 e. The smallest absolute Gasteiger partial charge is 0.307 e. The SMILES string of the molecule is Bc1cc(OC)c2c3c1CC(N(C)C)C1=CC=C(CC(=O)O)[C@@H](O2)[C@]13CC. The van der Waals surface area contributed by atoms with Crippen LogP contribution in [0.5, 0.6) is 11.5 Å². The van der Waals surface area contributed by atoms with Gasteiger partial charge in [0, 0.05) is 11.6 Å². The fourth-order valence-corrected chi connectivity index (χ4v) is 5.35. The van der Waals surface area contributed by atoms with E-state index in [9.17, 15) is 9.90 Å². The lowest BCUT2D eigenvalue weighted by Crippen LogP contribution is -2.53. The highest BCUT2D eigenvalue weighted by Gasteiger charge is 2.58. The lowest BCUT2D eigenvalue weighted by molar-refractivity contribution is -0.136. The average molecular weight is 367 g/mol. The molecule has 27 heavy (non-hydrogen) atoms. The third-order valence-electron chi connectivity index (χ3n) is 6.55. The van der Waals surface area contributed by atoms with Crippen LogP contribution in [0.3, 0.4) is 0 Å². The minimum atomic E-state index is -0.827. The molecule has 3 aliphatic rings. The number of methoxy groups -OCH3 is 1. The van der Waals surface area contributed by atoms with E-state index in [-0.39, 0.29) is 24.0 Å². The van der Waals surface area contributed by atoms with Gasteiger partial charge in [0.05, 0.1) is 18.9 Å². The predicted octanol–water partition coefficient (Wildman–Crippen LogP) is 1.19. The number of benzene rings is 1. The summed E-state index contributed by atoms with van der Waals surface area (Å²) in [6.07, 6.45) is 5.61. The first kappa shape index (κ1) is 18.2. The van der Waals surface area contributed by atoms with Crippen LogP contribution in [0, 0.1) is 0 Å². The molecule has 0 saturated carbocycles. The Morgan fingerprint density at radius 1 is 1.44 bits per heavy atom. The number of allylic oxidation sites excluding steroid dienone is 2. The van der Waals surface area contributed by atoms with Crippen molar-refractivity contribution < 1.29 is 19.4 Å². The number of ether oxygens (including phenoxy) is 2. The van der Waals surface area contributed by atoms with Crippen LogP contribution in [-0.2, 0) is 16.6 Å². The highest BCUT2D eigenvalue weighted by molar-refractivity contribution is 6.34. The van der Waals surface area contributed by atoms with E-state index in [2.05, 4.69) is 45.9 Å². The van der Waals surface area contributed by atoms with Crippen molar-refractivity contribution in [3.8, 4) is 11.5 Å². The second-order valence-corrected chi connectivity index (χ2v) is 8.02. The van der Waals surface area contributed by atoms with Crippen molar-refractivity contribution in [2.45, 2.75) is 43.7 Å². The van der Waals surface area contributed by atoms with E-state index in [1.165, 1.54) is 22.2 Å². The van der Waals surface area contributed by atoms with Gasteiger partial charge in [-0.3, -0.25) is 4.79 Å². The Bertz CT molecular complexity index is 889. The molecule has 0 bridgehead atoms. The molecule has 1 aliphatic heterocycles. The number of hydrogen-bond acceptors (Lipinski definition) is 4. The minimum absolute atomic E-state index is 0.00650. The van der Waals surface area contributed by atoms with Gasteiger partial charge < -0.3 is 19.5 Å². The first-order valence-corrected chi connectivity index (χ1v) is 9.52. The quantitative estimate of drug-likeness (QED) is 0.793. The summed E-state index contributed by atoms with van der Waals surface area (Å²) >= 11 is 0. The molecule has 1 N–H and O–H groups in total. The van der Waals surface area contributed by atoms with Gasteiger partial charge in [0.1, 0.15) is 14.0 Å². The number of hydrogen-bond donors (Lipinski definition) is 1. The third kappa shape index (κ3) is 2.32. The van der Waals surface area contributed by atoms with E-state index in [0.29, 0.717) is 0 Å². The highest BCUT2D eigenvalue weighted by Crippen LogP contribution is 2.60. The molecule has 1 aromatic rings. The lowest BCUT2D eigenvalue weighted by Gasteiger charge is -2.48. The van der Waals surface area contributed by atoms with Crippen molar-refractivity contribution in [2.75, 3.05) is 21.2 Å². The third-order valence-corrected chi connectivity index (χ3v) is 6.55. The van der Waals surface area contributed by atoms with Gasteiger partial charge in [0.2, 0.25) is 0 Å². The number of carbonyl (C=O) groups is 1. The van der Waals surface area contributed by atoms with Gasteiger partial charge in [-0.1, -0.05) is 24.5 Å². The topological polar surface area (TPSA) is 59.0 Å². The zero-order valence-corrected chi connectivity index (χ0v) is 16.6. The Morgan fingerprint density at radius 3 is 2.78 bits per heavy atom. The summed E-state index contributed by atoms with van der Waals surface area (Å²) < 4.78 is 12.1. The van der Waals surface area contributed by atoms with E-state index in [1.54, 1.807) is 7.11 Å². The normalized spacial score (nSPS) is 27.6. The molecule has 1 heterocycles. The van der Waals surface area contributed by atoms with Crippen LogP contribution in [0.25, 0.3) is 0 Å². The van der Waals surface area contributed by atoms with E-state index in [0.717, 1.165) is 29.9 Å². The van der Waals surface area contributed by atoms with Crippen LogP contribution in [0.15, 0.2) is 29.4 Å². The summed E-state index contributed by atoms with van der Waals surface area (Å²) in [6.45, 7) is 2.18. The number of nitrogens with zero attached hydrogens (tertiary/aromatic N) is 1. The van der Waals surface area contributed by atoms with Gasteiger partial charge in [-0.05, 0) is 49.7 Å². The van der Waals surface area contributed by atoms with E-state index in [4.69, 9.17) is 9.47 Å². The van der Waals surface area contributed by atoms with Crippen molar-refractivity contribution >= 4 is 19.3 Å². The van der Waals surface area contributed by atoms with Gasteiger partial charge in [0.15, 0.2) is 11.5 Å². The summed E-state index contributed by atoms with van der Waals surface area (Å²) in [6, 6.07) is 2.32. The van der Waals surface area contributed by atoms with Gasteiger partial charge in [0.25, 0.3) is 0 Å². The molecule has 0 spiro atoms. The lowest BCUT2D eigenvalue weighted by atomic mass is 9.57. The summed E-state index contributed by atoms with van der Waals surface area (Å²) in [5.74, 6) is 0.712. The fraction of sp³-hybridized carbons (Fsp3) is 0.476. The Hall–Kier alpha value is -2.21. The number of carboxylic acid groups (broad SMARTS) is 1. The van der Waals surface area contributed by atoms with Gasteiger partial charge >= 0.3 is 5.97 Å². The molecule has 2 aliphatic carbocycles. The molecule has 6 heteroatoms. The maximum Gasteiger partial charge on any atom is 0.307 e. The molecule has 0 amide bonds. The van der Waals surface area contributed by atoms with Crippen LogP contribution in [0.4, 0.5) is 0 Å². The van der Waals surface area contributed by atoms with Gasteiger partial charge in [-0.25, -0.2) is 0 Å². The molecule has 1 unspecified atom stereocenters. The number of carboxylic acids is 1. The first-order chi connectivity index (χ1) is 12.8. The molecule has 5 nitrogen and oxygen atoms in total. The van der Waals surface area contributed by atoms with Crippen LogP contribution in [0.2, 0.25) is 0 Å². The zero-order chi connectivity index (χ0) is 19.5. The van der Waals surface area contributed by atoms with Crippen molar-refractivity contribution in [3.05, 3.63) is 40.5 Å².